The van der Waals surface area contributed by atoms with E-state index in [1.807, 2.05) is 50.9 Å². The summed E-state index contributed by atoms with van der Waals surface area (Å²) in [6.07, 6.45) is 2.05. The van der Waals surface area contributed by atoms with E-state index >= 15 is 0 Å². The lowest BCUT2D eigenvalue weighted by Crippen LogP contribution is -2.59. The molecule has 2 rings (SSSR count). The largest absolute Gasteiger partial charge is 0.444 e. The van der Waals surface area contributed by atoms with Crippen LogP contribution in [0.2, 0.25) is 0 Å². The van der Waals surface area contributed by atoms with Gasteiger partial charge in [0, 0.05) is 44.5 Å². The summed E-state index contributed by atoms with van der Waals surface area (Å²) in [5, 5.41) is 2.94. The third-order valence-electron chi connectivity index (χ3n) is 4.01. The van der Waals surface area contributed by atoms with Crippen molar-refractivity contribution in [3.8, 4) is 0 Å². The number of ether oxygens (including phenoxy) is 1. The highest BCUT2D eigenvalue weighted by atomic mass is 16.6. The Bertz CT molecular complexity index is 586. The molecule has 1 N–H and O–H groups in total. The quantitative estimate of drug-likeness (QED) is 0.887. The molecule has 1 saturated heterocycles. The highest BCUT2D eigenvalue weighted by molar-refractivity contribution is 5.83. The normalized spacial score (nSPS) is 18.7. The number of aromatic nitrogens is 1. The minimum absolute atomic E-state index is 0.0771. The van der Waals surface area contributed by atoms with Gasteiger partial charge in [-0.05, 0) is 40.0 Å². The number of carbonyl (C=O) groups excluding carboxylic acids is 2. The molecule has 2 amide bonds. The van der Waals surface area contributed by atoms with Gasteiger partial charge in [-0.25, -0.2) is 4.79 Å². The van der Waals surface area contributed by atoms with E-state index in [0.717, 1.165) is 5.69 Å². The molecule has 0 bridgehead atoms. The van der Waals surface area contributed by atoms with Crippen molar-refractivity contribution < 1.29 is 14.3 Å². The number of rotatable bonds is 4. The van der Waals surface area contributed by atoms with E-state index in [2.05, 4.69) is 10.3 Å². The second kappa shape index (κ2) is 8.29. The summed E-state index contributed by atoms with van der Waals surface area (Å²) in [6.45, 7) is 7.56. The highest BCUT2D eigenvalue weighted by Gasteiger charge is 2.33. The molecule has 0 saturated carbocycles. The summed E-state index contributed by atoms with van der Waals surface area (Å²) >= 11 is 0. The lowest BCUT2D eigenvalue weighted by atomic mass is 10.1. The summed E-state index contributed by atoms with van der Waals surface area (Å²) in [7, 11) is 1.90. The van der Waals surface area contributed by atoms with Gasteiger partial charge in [0.2, 0.25) is 5.91 Å². The van der Waals surface area contributed by atoms with Gasteiger partial charge in [-0.3, -0.25) is 14.7 Å². The van der Waals surface area contributed by atoms with Crippen molar-refractivity contribution in [1.29, 1.82) is 0 Å². The minimum atomic E-state index is -0.541. The fourth-order valence-corrected chi connectivity index (χ4v) is 2.63. The zero-order chi connectivity index (χ0) is 18.4. The summed E-state index contributed by atoms with van der Waals surface area (Å²) in [5.74, 6) is -0.0771. The monoisotopic (exact) mass is 348 g/mol. The lowest BCUT2D eigenvalue weighted by Gasteiger charge is -2.38. The van der Waals surface area contributed by atoms with Crippen molar-refractivity contribution >= 4 is 12.0 Å². The van der Waals surface area contributed by atoms with Crippen LogP contribution < -0.4 is 5.32 Å². The maximum Gasteiger partial charge on any atom is 0.410 e. The second-order valence-electron chi connectivity index (χ2n) is 7.28. The van der Waals surface area contributed by atoms with E-state index in [9.17, 15) is 9.59 Å². The van der Waals surface area contributed by atoms with Crippen molar-refractivity contribution in [3.05, 3.63) is 30.1 Å². The van der Waals surface area contributed by atoms with Gasteiger partial charge in [-0.1, -0.05) is 6.07 Å². The zero-order valence-electron chi connectivity index (χ0n) is 15.5. The third kappa shape index (κ3) is 6.01. The summed E-state index contributed by atoms with van der Waals surface area (Å²) < 4.78 is 5.41. The van der Waals surface area contributed by atoms with Crippen LogP contribution in [-0.2, 0) is 16.0 Å². The van der Waals surface area contributed by atoms with Crippen LogP contribution in [0.4, 0.5) is 4.79 Å². The van der Waals surface area contributed by atoms with Gasteiger partial charge in [0.15, 0.2) is 0 Å². The predicted molar refractivity (Wildman–Crippen MR) is 95.2 cm³/mol. The first kappa shape index (κ1) is 19.2. The Labute approximate surface area is 149 Å². The Morgan fingerprint density at radius 2 is 2.08 bits per heavy atom. The van der Waals surface area contributed by atoms with E-state index in [-0.39, 0.29) is 18.0 Å². The Balaban J connectivity index is 1.85. The number of nitrogens with zero attached hydrogens (tertiary/aromatic N) is 3. The maximum absolute atomic E-state index is 12.5. The van der Waals surface area contributed by atoms with Gasteiger partial charge in [0.05, 0.1) is 0 Å². The van der Waals surface area contributed by atoms with E-state index in [1.165, 1.54) is 0 Å². The van der Waals surface area contributed by atoms with Crippen LogP contribution in [0.5, 0.6) is 0 Å². The highest BCUT2D eigenvalue weighted by Crippen LogP contribution is 2.14. The number of carbonyl (C=O) groups is 2. The number of hydrogen-bond donors (Lipinski definition) is 1. The predicted octanol–water partition coefficient (Wildman–Crippen LogP) is 1.29. The standard InChI is InChI=1S/C18H28N4O3/c1-18(2,3)25-17(24)22-12-11-21(4)15(13-22)16(23)20-10-8-14-7-5-6-9-19-14/h5-7,9,15H,8,10-13H2,1-4H3,(H,20,23). The fourth-order valence-electron chi connectivity index (χ4n) is 2.63. The average Bonchev–Trinajstić information content (AvgIpc) is 2.54. The van der Waals surface area contributed by atoms with Crippen molar-refractivity contribution in [2.24, 2.45) is 0 Å². The smallest absolute Gasteiger partial charge is 0.410 e. The first-order valence-electron chi connectivity index (χ1n) is 8.62. The number of hydrogen-bond acceptors (Lipinski definition) is 5. The van der Waals surface area contributed by atoms with Crippen molar-refractivity contribution in [3.63, 3.8) is 0 Å². The van der Waals surface area contributed by atoms with E-state index in [0.29, 0.717) is 32.6 Å². The molecule has 0 aromatic carbocycles. The minimum Gasteiger partial charge on any atom is -0.444 e. The summed E-state index contributed by atoms with van der Waals surface area (Å²) in [5.41, 5.74) is 0.399. The van der Waals surface area contributed by atoms with Gasteiger partial charge < -0.3 is 15.0 Å². The molecular formula is C18H28N4O3. The molecule has 2 heterocycles. The molecule has 1 atom stereocenters. The molecule has 1 aliphatic heterocycles. The van der Waals surface area contributed by atoms with Gasteiger partial charge in [-0.15, -0.1) is 0 Å². The molecule has 1 aromatic heterocycles. The first-order chi connectivity index (χ1) is 11.8. The summed E-state index contributed by atoms with van der Waals surface area (Å²) in [6, 6.07) is 5.36. The number of piperazine rings is 1. The van der Waals surface area contributed by atoms with Crippen molar-refractivity contribution in [1.82, 2.24) is 20.1 Å². The molecule has 1 aliphatic rings. The van der Waals surface area contributed by atoms with Gasteiger partial charge in [0.25, 0.3) is 0 Å². The molecule has 0 radical (unpaired) electrons. The number of pyridine rings is 1. The molecule has 0 aliphatic carbocycles. The Kier molecular flexibility index (Phi) is 6.36. The van der Waals surface area contributed by atoms with Crippen LogP contribution in [-0.4, -0.2) is 71.7 Å². The number of amides is 2. The topological polar surface area (TPSA) is 74.8 Å². The van der Waals surface area contributed by atoms with Crippen LogP contribution in [0, 0.1) is 0 Å². The SMILES string of the molecule is CN1CCN(C(=O)OC(C)(C)C)CC1C(=O)NCCc1ccccn1. The molecular weight excluding hydrogens is 320 g/mol. The lowest BCUT2D eigenvalue weighted by molar-refractivity contribution is -0.127. The van der Waals surface area contributed by atoms with Crippen LogP contribution in [0.1, 0.15) is 26.5 Å². The van der Waals surface area contributed by atoms with Crippen molar-refractivity contribution in [2.75, 3.05) is 33.2 Å². The van der Waals surface area contributed by atoms with Crippen LogP contribution >= 0.6 is 0 Å². The molecule has 138 valence electrons. The molecule has 0 spiro atoms. The molecule has 25 heavy (non-hydrogen) atoms. The summed E-state index contributed by atoms with van der Waals surface area (Å²) in [4.78, 5) is 32.5. The fraction of sp³-hybridized carbons (Fsp3) is 0.611. The molecule has 7 nitrogen and oxygen atoms in total. The van der Waals surface area contributed by atoms with Gasteiger partial charge in [0.1, 0.15) is 11.6 Å². The second-order valence-corrected chi connectivity index (χ2v) is 7.28. The van der Waals surface area contributed by atoms with Crippen LogP contribution in [0.15, 0.2) is 24.4 Å². The first-order valence-corrected chi connectivity index (χ1v) is 8.62. The van der Waals surface area contributed by atoms with Gasteiger partial charge >= 0.3 is 6.09 Å². The molecule has 7 heteroatoms. The van der Waals surface area contributed by atoms with E-state index < -0.39 is 5.60 Å². The number of nitrogens with one attached hydrogen (secondary N) is 1. The Morgan fingerprint density at radius 3 is 2.72 bits per heavy atom. The van der Waals surface area contributed by atoms with Crippen LogP contribution in [0.3, 0.4) is 0 Å². The van der Waals surface area contributed by atoms with Gasteiger partial charge in [-0.2, -0.15) is 0 Å². The van der Waals surface area contributed by atoms with E-state index in [1.54, 1.807) is 11.1 Å². The average molecular weight is 348 g/mol. The molecule has 1 aromatic rings. The Morgan fingerprint density at radius 1 is 1.32 bits per heavy atom. The molecule has 1 fully saturated rings. The van der Waals surface area contributed by atoms with E-state index in [4.69, 9.17) is 4.74 Å². The number of likely N-dealkylation sites (N-methyl/N-ethyl adjacent to an activating group) is 1. The maximum atomic E-state index is 12.5. The van der Waals surface area contributed by atoms with Crippen LogP contribution in [0.25, 0.3) is 0 Å². The molecule has 1 unspecified atom stereocenters. The third-order valence-corrected chi connectivity index (χ3v) is 4.01. The Hall–Kier alpha value is -2.15. The zero-order valence-corrected chi connectivity index (χ0v) is 15.5. The van der Waals surface area contributed by atoms with Crippen molar-refractivity contribution in [2.45, 2.75) is 38.8 Å².